The molecule has 256 valence electrons. The first-order valence-electron chi connectivity index (χ1n) is 20.0. The van der Waals surface area contributed by atoms with Gasteiger partial charge in [-0.05, 0) is 162 Å². The minimum Gasteiger partial charge on any atom is -0.456 e. The Kier molecular flexibility index (Phi) is 6.60. The van der Waals surface area contributed by atoms with E-state index >= 15 is 0 Å². The quantitative estimate of drug-likeness (QED) is 0.182. The summed E-state index contributed by atoms with van der Waals surface area (Å²) in [6, 6.07) is 39.8. The fourth-order valence-corrected chi connectivity index (χ4v) is 12.4. The van der Waals surface area contributed by atoms with E-state index in [1.54, 1.807) is 5.56 Å². The molecular formula is C49H49NO. The Bertz CT molecular complexity index is 2260. The first-order valence-corrected chi connectivity index (χ1v) is 20.0. The van der Waals surface area contributed by atoms with E-state index in [1.807, 2.05) is 0 Å². The average Bonchev–Trinajstić information content (AvgIpc) is 3.64. The molecule has 6 aliphatic carbocycles. The van der Waals surface area contributed by atoms with Crippen molar-refractivity contribution in [2.24, 2.45) is 17.8 Å². The second kappa shape index (κ2) is 11.1. The van der Waals surface area contributed by atoms with E-state index in [0.717, 1.165) is 28.9 Å². The van der Waals surface area contributed by atoms with Crippen molar-refractivity contribution in [1.82, 2.24) is 0 Å². The van der Waals surface area contributed by atoms with Gasteiger partial charge in [-0.2, -0.15) is 0 Å². The van der Waals surface area contributed by atoms with Crippen molar-refractivity contribution in [3.63, 3.8) is 0 Å². The normalized spacial score (nSPS) is 26.1. The van der Waals surface area contributed by atoms with Crippen LogP contribution in [0.25, 0.3) is 33.1 Å². The maximum Gasteiger partial charge on any atom is 0.136 e. The van der Waals surface area contributed by atoms with Gasteiger partial charge in [-0.3, -0.25) is 0 Å². The van der Waals surface area contributed by atoms with E-state index in [-0.39, 0.29) is 5.41 Å². The zero-order valence-electron chi connectivity index (χ0n) is 30.3. The molecule has 0 N–H and O–H groups in total. The first kappa shape index (κ1) is 30.3. The molecule has 0 radical (unpaired) electrons. The van der Waals surface area contributed by atoms with Crippen LogP contribution in [-0.4, -0.2) is 0 Å². The van der Waals surface area contributed by atoms with Crippen molar-refractivity contribution in [3.8, 4) is 11.1 Å². The van der Waals surface area contributed by atoms with Gasteiger partial charge in [-0.15, -0.1) is 0 Å². The summed E-state index contributed by atoms with van der Waals surface area (Å²) in [5.74, 6) is 3.57. The van der Waals surface area contributed by atoms with Gasteiger partial charge >= 0.3 is 0 Å². The molecule has 0 atom stereocenters. The van der Waals surface area contributed by atoms with Gasteiger partial charge in [0.15, 0.2) is 0 Å². The molecule has 2 nitrogen and oxygen atoms in total. The summed E-state index contributed by atoms with van der Waals surface area (Å²) in [5.41, 5.74) is 14.5. The number of hydrogen-bond acceptors (Lipinski definition) is 2. The molecule has 0 aliphatic heterocycles. The Labute approximate surface area is 302 Å². The van der Waals surface area contributed by atoms with Crippen LogP contribution >= 0.6 is 0 Å². The molecule has 4 bridgehead atoms. The molecule has 6 aromatic rings. The van der Waals surface area contributed by atoms with Gasteiger partial charge < -0.3 is 9.32 Å². The highest BCUT2D eigenvalue weighted by Crippen LogP contribution is 2.61. The lowest BCUT2D eigenvalue weighted by atomic mass is 9.48. The Morgan fingerprint density at radius 3 is 1.96 bits per heavy atom. The molecular weight excluding hydrogens is 619 g/mol. The van der Waals surface area contributed by atoms with Crippen LogP contribution in [0.4, 0.5) is 17.1 Å². The summed E-state index contributed by atoms with van der Waals surface area (Å²) < 4.78 is 6.37. The number of anilines is 3. The number of hydrogen-bond donors (Lipinski definition) is 0. The van der Waals surface area contributed by atoms with Gasteiger partial charge in [-0.1, -0.05) is 87.7 Å². The molecule has 0 spiro atoms. The Balaban J connectivity index is 1.03. The molecule has 0 saturated heterocycles. The fourth-order valence-electron chi connectivity index (χ4n) is 12.4. The van der Waals surface area contributed by atoms with Crippen molar-refractivity contribution >= 4 is 39.0 Å². The van der Waals surface area contributed by atoms with Gasteiger partial charge in [0.05, 0.1) is 0 Å². The third kappa shape index (κ3) is 4.60. The van der Waals surface area contributed by atoms with Crippen molar-refractivity contribution < 1.29 is 4.42 Å². The van der Waals surface area contributed by atoms with E-state index in [4.69, 9.17) is 4.42 Å². The average molecular weight is 668 g/mol. The predicted octanol–water partition coefficient (Wildman–Crippen LogP) is 13.9. The number of rotatable bonds is 5. The molecule has 12 rings (SSSR count). The monoisotopic (exact) mass is 667 g/mol. The van der Waals surface area contributed by atoms with E-state index < -0.39 is 0 Å². The zero-order chi connectivity index (χ0) is 33.9. The van der Waals surface area contributed by atoms with E-state index in [2.05, 4.69) is 122 Å². The number of fused-ring (bicyclic) bond motifs is 7. The zero-order valence-corrected chi connectivity index (χ0v) is 30.3. The molecule has 6 aliphatic rings. The largest absolute Gasteiger partial charge is 0.456 e. The maximum atomic E-state index is 6.37. The SMILES string of the molecule is CC1(C)c2cc(N(c3ccc(C4CCCCC4)cc3)c3ccc(C45CC6CC(CC(C6)C4)C5)cc3)ccc2-c2c1ccc1oc3ccccc3c21. The summed E-state index contributed by atoms with van der Waals surface area (Å²) >= 11 is 0. The van der Waals surface area contributed by atoms with Crippen molar-refractivity contribution in [2.75, 3.05) is 4.90 Å². The second-order valence-corrected chi connectivity index (χ2v) is 17.8. The summed E-state index contributed by atoms with van der Waals surface area (Å²) in [7, 11) is 0. The summed E-state index contributed by atoms with van der Waals surface area (Å²) in [4.78, 5) is 2.52. The number of para-hydroxylation sites is 1. The lowest BCUT2D eigenvalue weighted by Gasteiger charge is -2.57. The molecule has 1 heterocycles. The second-order valence-electron chi connectivity index (χ2n) is 17.8. The summed E-state index contributed by atoms with van der Waals surface area (Å²) in [6.07, 6.45) is 15.5. The number of nitrogens with zero attached hydrogens (tertiary/aromatic N) is 1. The molecule has 5 fully saturated rings. The van der Waals surface area contributed by atoms with Crippen LogP contribution in [0, 0.1) is 17.8 Å². The van der Waals surface area contributed by atoms with Crippen LogP contribution in [0.15, 0.2) is 108 Å². The third-order valence-electron chi connectivity index (χ3n) is 14.4. The predicted molar refractivity (Wildman–Crippen MR) is 212 cm³/mol. The third-order valence-corrected chi connectivity index (χ3v) is 14.4. The maximum absolute atomic E-state index is 6.37. The molecule has 0 amide bonds. The molecule has 0 unspecified atom stereocenters. The highest BCUT2D eigenvalue weighted by atomic mass is 16.3. The molecule has 51 heavy (non-hydrogen) atoms. The highest BCUT2D eigenvalue weighted by molar-refractivity contribution is 6.15. The van der Waals surface area contributed by atoms with Gasteiger partial charge in [-0.25, -0.2) is 0 Å². The number of benzene rings is 5. The van der Waals surface area contributed by atoms with Gasteiger partial charge in [0, 0.05) is 33.2 Å². The lowest BCUT2D eigenvalue weighted by Crippen LogP contribution is -2.48. The van der Waals surface area contributed by atoms with Crippen LogP contribution in [0.3, 0.4) is 0 Å². The Morgan fingerprint density at radius 2 is 1.25 bits per heavy atom. The first-order chi connectivity index (χ1) is 24.9. The van der Waals surface area contributed by atoms with Gasteiger partial charge in [0.2, 0.25) is 0 Å². The topological polar surface area (TPSA) is 16.4 Å². The Hall–Kier alpha value is -4.30. The van der Waals surface area contributed by atoms with E-state index in [1.165, 1.54) is 126 Å². The van der Waals surface area contributed by atoms with Crippen LogP contribution < -0.4 is 4.90 Å². The Morgan fingerprint density at radius 1 is 0.608 bits per heavy atom. The minimum atomic E-state index is -0.133. The van der Waals surface area contributed by atoms with Gasteiger partial charge in [0.25, 0.3) is 0 Å². The lowest BCUT2D eigenvalue weighted by molar-refractivity contribution is -0.00518. The van der Waals surface area contributed by atoms with Crippen molar-refractivity contribution in [1.29, 1.82) is 0 Å². The smallest absolute Gasteiger partial charge is 0.136 e. The minimum absolute atomic E-state index is 0.133. The molecule has 2 heteroatoms. The van der Waals surface area contributed by atoms with Crippen molar-refractivity contribution in [2.45, 2.75) is 101 Å². The van der Waals surface area contributed by atoms with Crippen LogP contribution in [0.2, 0.25) is 0 Å². The van der Waals surface area contributed by atoms with E-state index in [9.17, 15) is 0 Å². The van der Waals surface area contributed by atoms with Crippen LogP contribution in [-0.2, 0) is 10.8 Å². The fraction of sp³-hybridized carbons (Fsp3) is 0.388. The number of furan rings is 1. The van der Waals surface area contributed by atoms with Gasteiger partial charge in [0.1, 0.15) is 11.2 Å². The van der Waals surface area contributed by atoms with Crippen LogP contribution in [0.5, 0.6) is 0 Å². The molecule has 5 aromatic carbocycles. The molecule has 1 aromatic heterocycles. The summed E-state index contributed by atoms with van der Waals surface area (Å²) in [6.45, 7) is 4.80. The summed E-state index contributed by atoms with van der Waals surface area (Å²) in [5, 5.41) is 2.45. The van der Waals surface area contributed by atoms with Crippen molar-refractivity contribution in [3.05, 3.63) is 125 Å². The van der Waals surface area contributed by atoms with Crippen LogP contribution in [0.1, 0.15) is 113 Å². The highest BCUT2D eigenvalue weighted by Gasteiger charge is 2.51. The molecule has 5 saturated carbocycles. The standard InChI is InChI=1S/C49H49NO/c1-48(2)42-22-23-45-47(41-10-6-7-11-44(41)51-45)46(42)40-21-20-39(27-43(40)48)50(37-16-12-35(13-17-37)34-8-4-3-5-9-34)38-18-14-36(15-19-38)49-28-31-24-32(29-49)26-33(25-31)30-49/h6-7,10-23,27,31-34H,3-5,8-9,24-26,28-30H2,1-2H3. The van der Waals surface area contributed by atoms with E-state index in [0.29, 0.717) is 11.3 Å².